The Bertz CT molecular complexity index is 699. The molecule has 0 atom stereocenters. The number of nitro benzene ring substituents is 1. The van der Waals surface area contributed by atoms with Gasteiger partial charge in [-0.1, -0.05) is 0 Å². The summed E-state index contributed by atoms with van der Waals surface area (Å²) < 4.78 is 38.0. The molecule has 116 valence electrons. The number of benzene rings is 2. The highest BCUT2D eigenvalue weighted by atomic mass is 19.4. The van der Waals surface area contributed by atoms with Gasteiger partial charge in [0.25, 0.3) is 5.69 Å². The van der Waals surface area contributed by atoms with E-state index in [1.165, 1.54) is 36.2 Å². The third-order valence-electron chi connectivity index (χ3n) is 3.10. The van der Waals surface area contributed by atoms with E-state index in [0.29, 0.717) is 11.8 Å². The van der Waals surface area contributed by atoms with Crippen LogP contribution in [0.1, 0.15) is 5.56 Å². The van der Waals surface area contributed by atoms with Crippen LogP contribution in [0, 0.1) is 10.1 Å². The van der Waals surface area contributed by atoms with Crippen LogP contribution >= 0.6 is 0 Å². The molecule has 0 spiro atoms. The zero-order chi connectivity index (χ0) is 16.5. The zero-order valence-corrected chi connectivity index (χ0v) is 11.3. The lowest BCUT2D eigenvalue weighted by atomic mass is 10.1. The van der Waals surface area contributed by atoms with E-state index >= 15 is 0 Å². The van der Waals surface area contributed by atoms with Crippen LogP contribution in [0.25, 0.3) is 0 Å². The van der Waals surface area contributed by atoms with Gasteiger partial charge >= 0.3 is 6.18 Å². The van der Waals surface area contributed by atoms with Crippen molar-refractivity contribution in [3.63, 3.8) is 0 Å². The van der Waals surface area contributed by atoms with Gasteiger partial charge in [0, 0.05) is 18.8 Å². The van der Waals surface area contributed by atoms with Gasteiger partial charge in [-0.2, -0.15) is 13.2 Å². The maximum atomic E-state index is 12.7. The summed E-state index contributed by atoms with van der Waals surface area (Å²) in [7, 11) is 1.49. The molecule has 0 radical (unpaired) electrons. The first-order valence-corrected chi connectivity index (χ1v) is 6.08. The van der Waals surface area contributed by atoms with Crippen LogP contribution in [0.2, 0.25) is 0 Å². The van der Waals surface area contributed by atoms with Crippen molar-refractivity contribution in [3.05, 3.63) is 58.1 Å². The molecule has 0 aliphatic heterocycles. The van der Waals surface area contributed by atoms with E-state index in [4.69, 9.17) is 0 Å². The van der Waals surface area contributed by atoms with Gasteiger partial charge in [0.1, 0.15) is 11.4 Å². The Hall–Kier alpha value is -2.77. The fourth-order valence-corrected chi connectivity index (χ4v) is 1.94. The number of phenolic OH excluding ortho intramolecular Hbond substituents is 1. The molecule has 8 heteroatoms. The summed E-state index contributed by atoms with van der Waals surface area (Å²) in [4.78, 5) is 11.6. The van der Waals surface area contributed by atoms with Crippen molar-refractivity contribution in [1.29, 1.82) is 0 Å². The standard InChI is InChI=1S/C14H11F3N2O3/c1-18(10-3-5-11(20)6-4-10)12-7-2-9(14(15,16)17)8-13(12)19(21)22/h2-8,20H,1H3. The molecule has 2 aromatic rings. The zero-order valence-electron chi connectivity index (χ0n) is 11.3. The van der Waals surface area contributed by atoms with Crippen molar-refractivity contribution in [3.8, 4) is 5.75 Å². The molecule has 0 bridgehead atoms. The Balaban J connectivity index is 2.50. The number of nitro groups is 1. The summed E-state index contributed by atoms with van der Waals surface area (Å²) in [5.74, 6) is 0.0130. The summed E-state index contributed by atoms with van der Waals surface area (Å²) >= 11 is 0. The second kappa shape index (κ2) is 5.55. The molecule has 1 N–H and O–H groups in total. The molecule has 0 amide bonds. The van der Waals surface area contributed by atoms with E-state index < -0.39 is 22.4 Å². The Morgan fingerprint density at radius 3 is 2.23 bits per heavy atom. The summed E-state index contributed by atoms with van der Waals surface area (Å²) in [6, 6.07) is 8.09. The quantitative estimate of drug-likeness (QED) is 0.685. The van der Waals surface area contributed by atoms with Crippen molar-refractivity contribution in [2.45, 2.75) is 6.18 Å². The van der Waals surface area contributed by atoms with E-state index in [0.717, 1.165) is 12.1 Å². The molecule has 0 heterocycles. The molecule has 0 saturated carbocycles. The molecule has 0 saturated heterocycles. The number of aromatic hydroxyl groups is 1. The fourth-order valence-electron chi connectivity index (χ4n) is 1.94. The number of hydrogen-bond donors (Lipinski definition) is 1. The Labute approximate surface area is 123 Å². The predicted octanol–water partition coefficient (Wildman–Crippen LogP) is 4.09. The summed E-state index contributed by atoms with van der Waals surface area (Å²) in [6.07, 6.45) is -4.65. The molecule has 0 fully saturated rings. The lowest BCUT2D eigenvalue weighted by Gasteiger charge is -2.20. The minimum atomic E-state index is -4.65. The van der Waals surface area contributed by atoms with Gasteiger partial charge in [-0.15, -0.1) is 0 Å². The third kappa shape index (κ3) is 3.11. The molecule has 5 nitrogen and oxygen atoms in total. The van der Waals surface area contributed by atoms with Crippen LogP contribution < -0.4 is 4.90 Å². The van der Waals surface area contributed by atoms with E-state index in [2.05, 4.69) is 0 Å². The van der Waals surface area contributed by atoms with Crippen LogP contribution in [0.5, 0.6) is 5.75 Å². The van der Waals surface area contributed by atoms with Crippen LogP contribution in [-0.4, -0.2) is 17.1 Å². The molecular weight excluding hydrogens is 301 g/mol. The van der Waals surface area contributed by atoms with Crippen LogP contribution in [0.15, 0.2) is 42.5 Å². The first kappa shape index (κ1) is 15.6. The SMILES string of the molecule is CN(c1ccc(O)cc1)c1ccc(C(F)(F)F)cc1[N+](=O)[O-]. The minimum absolute atomic E-state index is 0.0130. The maximum absolute atomic E-state index is 12.7. The lowest BCUT2D eigenvalue weighted by molar-refractivity contribution is -0.384. The highest BCUT2D eigenvalue weighted by Gasteiger charge is 2.33. The summed E-state index contributed by atoms with van der Waals surface area (Å²) in [5, 5.41) is 20.3. The predicted molar refractivity (Wildman–Crippen MR) is 74.3 cm³/mol. The van der Waals surface area contributed by atoms with Gasteiger partial charge in [0.15, 0.2) is 0 Å². The van der Waals surface area contributed by atoms with Crippen molar-refractivity contribution in [1.82, 2.24) is 0 Å². The monoisotopic (exact) mass is 312 g/mol. The van der Waals surface area contributed by atoms with Gasteiger partial charge in [-0.05, 0) is 36.4 Å². The number of rotatable bonds is 3. The molecule has 0 unspecified atom stereocenters. The maximum Gasteiger partial charge on any atom is 0.416 e. The molecule has 0 aliphatic carbocycles. The Morgan fingerprint density at radius 2 is 1.73 bits per heavy atom. The van der Waals surface area contributed by atoms with E-state index in [9.17, 15) is 28.4 Å². The van der Waals surface area contributed by atoms with E-state index in [1.807, 2.05) is 0 Å². The fraction of sp³-hybridized carbons (Fsp3) is 0.143. The Kier molecular flexibility index (Phi) is 3.94. The van der Waals surface area contributed by atoms with E-state index in [-0.39, 0.29) is 11.4 Å². The third-order valence-corrected chi connectivity index (χ3v) is 3.10. The number of nitrogens with zero attached hydrogens (tertiary/aromatic N) is 2. The summed E-state index contributed by atoms with van der Waals surface area (Å²) in [6.45, 7) is 0. The highest BCUT2D eigenvalue weighted by molar-refractivity contribution is 5.72. The second-order valence-corrected chi connectivity index (χ2v) is 4.53. The van der Waals surface area contributed by atoms with Crippen LogP contribution in [0.4, 0.5) is 30.2 Å². The van der Waals surface area contributed by atoms with E-state index in [1.54, 1.807) is 0 Å². The van der Waals surface area contributed by atoms with Crippen LogP contribution in [-0.2, 0) is 6.18 Å². The normalized spacial score (nSPS) is 11.3. The lowest BCUT2D eigenvalue weighted by Crippen LogP contribution is -2.13. The van der Waals surface area contributed by atoms with Crippen molar-refractivity contribution >= 4 is 17.1 Å². The van der Waals surface area contributed by atoms with Crippen molar-refractivity contribution in [2.75, 3.05) is 11.9 Å². The average Bonchev–Trinajstić information content (AvgIpc) is 2.45. The molecule has 2 rings (SSSR count). The first-order valence-electron chi connectivity index (χ1n) is 6.08. The van der Waals surface area contributed by atoms with Gasteiger partial charge in [0.05, 0.1) is 10.5 Å². The second-order valence-electron chi connectivity index (χ2n) is 4.53. The average molecular weight is 312 g/mol. The molecule has 22 heavy (non-hydrogen) atoms. The van der Waals surface area contributed by atoms with Crippen molar-refractivity contribution < 1.29 is 23.2 Å². The molecule has 0 aromatic heterocycles. The minimum Gasteiger partial charge on any atom is -0.508 e. The molecular formula is C14H11F3N2O3. The van der Waals surface area contributed by atoms with Gasteiger partial charge < -0.3 is 10.0 Å². The first-order chi connectivity index (χ1) is 10.2. The van der Waals surface area contributed by atoms with Gasteiger partial charge in [-0.25, -0.2) is 0 Å². The largest absolute Gasteiger partial charge is 0.508 e. The summed E-state index contributed by atoms with van der Waals surface area (Å²) in [5.41, 5.74) is -1.23. The smallest absolute Gasteiger partial charge is 0.416 e. The number of anilines is 2. The number of halogens is 3. The Morgan fingerprint density at radius 1 is 1.14 bits per heavy atom. The number of hydrogen-bond acceptors (Lipinski definition) is 4. The van der Waals surface area contributed by atoms with Crippen LogP contribution in [0.3, 0.4) is 0 Å². The number of alkyl halides is 3. The topological polar surface area (TPSA) is 66.6 Å². The van der Waals surface area contributed by atoms with Gasteiger partial charge in [-0.3, -0.25) is 10.1 Å². The number of phenols is 1. The van der Waals surface area contributed by atoms with Crippen molar-refractivity contribution in [2.24, 2.45) is 0 Å². The molecule has 0 aliphatic rings. The molecule has 2 aromatic carbocycles. The highest BCUT2D eigenvalue weighted by Crippen LogP contribution is 2.38. The van der Waals surface area contributed by atoms with Gasteiger partial charge in [0.2, 0.25) is 0 Å².